The van der Waals surface area contributed by atoms with Crippen LogP contribution < -0.4 is 20.9 Å². The van der Waals surface area contributed by atoms with Gasteiger partial charge in [0.1, 0.15) is 5.69 Å². The van der Waals surface area contributed by atoms with Crippen LogP contribution in [-0.4, -0.2) is 117 Å². The molecule has 0 saturated heterocycles. The number of thioether (sulfide) groups is 1. The predicted octanol–water partition coefficient (Wildman–Crippen LogP) is 5.46. The molecule has 0 aliphatic carbocycles. The second-order valence-electron chi connectivity index (χ2n) is 12.0. The average Bonchev–Trinajstić information content (AvgIpc) is 3.64. The van der Waals surface area contributed by atoms with Gasteiger partial charge < -0.3 is 39.8 Å². The fraction of sp³-hybridized carbons (Fsp3) is 0.561. The monoisotopic (exact) mass is 813 g/mol. The summed E-state index contributed by atoms with van der Waals surface area (Å²) in [6.07, 6.45) is 3.13. The van der Waals surface area contributed by atoms with Crippen molar-refractivity contribution in [2.45, 2.75) is 73.4 Å². The van der Waals surface area contributed by atoms with Gasteiger partial charge in [0.2, 0.25) is 17.7 Å². The standard InChI is InChI=1S/C37H51N7O8S.2C2H6/c1-3-18-44-36-29-9-5-4-8-28(29)27-43(31-11-7-6-10-30(31)35(36)41-42-44)34(47)13-16-38-33(46)14-19-49-21-23-51-25-26-52-24-22-50-20-17-39-32(45)12-15-40-37(48)53-2;2*1-2/h4-11H,3,12-27H2,1-2H3,(H,38,46)(H,39,45)(H,40,48);2*1-2H3. The van der Waals surface area contributed by atoms with Crippen LogP contribution in [0.25, 0.3) is 22.5 Å². The van der Waals surface area contributed by atoms with E-state index in [1.54, 1.807) is 11.2 Å². The number of nitrogens with one attached hydrogen (secondary N) is 3. The van der Waals surface area contributed by atoms with Crippen molar-refractivity contribution >= 4 is 40.4 Å². The molecule has 0 bridgehead atoms. The normalized spacial score (nSPS) is 11.2. The molecule has 0 saturated carbocycles. The lowest BCUT2D eigenvalue weighted by molar-refractivity contribution is -0.123. The van der Waals surface area contributed by atoms with Crippen LogP contribution in [0.3, 0.4) is 0 Å². The molecule has 0 spiro atoms. The number of carbonyl (C=O) groups is 4. The molecule has 4 amide bonds. The maximum absolute atomic E-state index is 13.7. The van der Waals surface area contributed by atoms with Gasteiger partial charge in [0.25, 0.3) is 5.24 Å². The van der Waals surface area contributed by atoms with Crippen molar-refractivity contribution in [1.29, 1.82) is 0 Å². The molecule has 316 valence electrons. The van der Waals surface area contributed by atoms with Crippen molar-refractivity contribution in [2.24, 2.45) is 0 Å². The lowest BCUT2D eigenvalue weighted by Gasteiger charge is -2.28. The predicted molar refractivity (Wildman–Crippen MR) is 225 cm³/mol. The van der Waals surface area contributed by atoms with Gasteiger partial charge in [-0.3, -0.25) is 19.2 Å². The Morgan fingerprint density at radius 3 is 1.91 bits per heavy atom. The van der Waals surface area contributed by atoms with Gasteiger partial charge in [-0.05, 0) is 24.3 Å². The maximum Gasteiger partial charge on any atom is 0.278 e. The Hall–Kier alpha value is -4.35. The summed E-state index contributed by atoms with van der Waals surface area (Å²) in [5, 5.41) is 17.0. The van der Waals surface area contributed by atoms with E-state index in [4.69, 9.17) is 18.9 Å². The van der Waals surface area contributed by atoms with E-state index in [2.05, 4.69) is 39.3 Å². The SMILES string of the molecule is CC.CC.CCCn1nnc2c1-c1ccccc1CN(C(=O)CCNC(=O)CCOCCOCCOCCOCCNC(=O)CCNC(=O)SC)c1ccccc1-2. The molecule has 15 nitrogen and oxygen atoms in total. The second-order valence-corrected chi connectivity index (χ2v) is 12.8. The first-order chi connectivity index (χ1) is 27.9. The molecule has 1 aliphatic rings. The van der Waals surface area contributed by atoms with Crippen LogP contribution in [0.15, 0.2) is 48.5 Å². The van der Waals surface area contributed by atoms with Crippen molar-refractivity contribution in [2.75, 3.05) is 83.6 Å². The third-order valence-electron chi connectivity index (χ3n) is 8.15. The summed E-state index contributed by atoms with van der Waals surface area (Å²) < 4.78 is 23.8. The number of aromatic nitrogens is 3. The largest absolute Gasteiger partial charge is 0.379 e. The fourth-order valence-electron chi connectivity index (χ4n) is 5.57. The zero-order valence-corrected chi connectivity index (χ0v) is 35.4. The molecule has 3 aromatic rings. The molecule has 0 fully saturated rings. The summed E-state index contributed by atoms with van der Waals surface area (Å²) in [6.45, 7) is 15.0. The van der Waals surface area contributed by atoms with Gasteiger partial charge in [-0.1, -0.05) is 94.1 Å². The Kier molecular flexibility index (Phi) is 25.5. The highest BCUT2D eigenvalue weighted by atomic mass is 32.2. The van der Waals surface area contributed by atoms with Crippen LogP contribution in [0, 0.1) is 0 Å². The molecular weight excluding hydrogens is 751 g/mol. The van der Waals surface area contributed by atoms with Crippen LogP contribution >= 0.6 is 11.8 Å². The van der Waals surface area contributed by atoms with Crippen molar-refractivity contribution < 1.29 is 38.1 Å². The number of ether oxygens (including phenoxy) is 4. The number of hydrogen-bond acceptors (Lipinski definition) is 11. The number of hydrogen-bond donors (Lipinski definition) is 3. The van der Waals surface area contributed by atoms with Gasteiger partial charge in [-0.25, -0.2) is 4.68 Å². The highest BCUT2D eigenvalue weighted by molar-refractivity contribution is 8.12. The first-order valence-electron chi connectivity index (χ1n) is 20.0. The first-order valence-corrected chi connectivity index (χ1v) is 21.2. The number of carbonyl (C=O) groups excluding carboxylic acids is 4. The maximum atomic E-state index is 13.7. The number of rotatable bonds is 23. The Morgan fingerprint density at radius 1 is 0.684 bits per heavy atom. The van der Waals surface area contributed by atoms with E-state index < -0.39 is 0 Å². The van der Waals surface area contributed by atoms with E-state index >= 15 is 0 Å². The fourth-order valence-corrected chi connectivity index (χ4v) is 5.81. The van der Waals surface area contributed by atoms with E-state index in [-0.39, 0.29) is 55.4 Å². The topological polar surface area (TPSA) is 175 Å². The smallest absolute Gasteiger partial charge is 0.278 e. The van der Waals surface area contributed by atoms with Gasteiger partial charge in [-0.15, -0.1) is 5.10 Å². The molecule has 1 aliphatic heterocycles. The van der Waals surface area contributed by atoms with E-state index in [0.717, 1.165) is 58.5 Å². The zero-order chi connectivity index (χ0) is 41.7. The van der Waals surface area contributed by atoms with Crippen LogP contribution in [0.2, 0.25) is 0 Å². The van der Waals surface area contributed by atoms with Crippen LogP contribution in [0.4, 0.5) is 10.5 Å². The van der Waals surface area contributed by atoms with E-state index in [1.165, 1.54) is 0 Å². The molecule has 0 radical (unpaired) electrons. The van der Waals surface area contributed by atoms with E-state index in [9.17, 15) is 19.2 Å². The number of aryl methyl sites for hydroxylation is 1. The van der Waals surface area contributed by atoms with Gasteiger partial charge in [-0.2, -0.15) is 0 Å². The molecule has 4 rings (SSSR count). The van der Waals surface area contributed by atoms with E-state index in [0.29, 0.717) is 65.9 Å². The molecule has 0 atom stereocenters. The Balaban J connectivity index is 0.00000271. The Bertz CT molecular complexity index is 1620. The average molecular weight is 814 g/mol. The number of para-hydroxylation sites is 1. The summed E-state index contributed by atoms with van der Waals surface area (Å²) >= 11 is 1.07. The zero-order valence-electron chi connectivity index (χ0n) is 34.6. The van der Waals surface area contributed by atoms with Gasteiger partial charge in [0, 0.05) is 56.6 Å². The molecule has 57 heavy (non-hydrogen) atoms. The number of benzene rings is 2. The number of amides is 4. The van der Waals surface area contributed by atoms with Crippen LogP contribution in [0.1, 0.15) is 65.9 Å². The summed E-state index contributed by atoms with van der Waals surface area (Å²) in [7, 11) is 0. The lowest BCUT2D eigenvalue weighted by Crippen LogP contribution is -2.35. The molecule has 16 heteroatoms. The summed E-state index contributed by atoms with van der Waals surface area (Å²) in [6, 6.07) is 15.8. The highest BCUT2D eigenvalue weighted by Crippen LogP contribution is 2.41. The summed E-state index contributed by atoms with van der Waals surface area (Å²) in [5.41, 5.74) is 5.32. The third-order valence-corrected chi connectivity index (χ3v) is 8.66. The van der Waals surface area contributed by atoms with Crippen molar-refractivity contribution in [3.8, 4) is 22.5 Å². The molecule has 2 aromatic carbocycles. The summed E-state index contributed by atoms with van der Waals surface area (Å²) in [4.78, 5) is 50.7. The van der Waals surface area contributed by atoms with Crippen LogP contribution in [0.5, 0.6) is 0 Å². The van der Waals surface area contributed by atoms with Crippen molar-refractivity contribution in [1.82, 2.24) is 30.9 Å². The third kappa shape index (κ3) is 17.4. The minimum atomic E-state index is -0.191. The van der Waals surface area contributed by atoms with Crippen molar-refractivity contribution in [3.05, 3.63) is 54.1 Å². The number of nitrogens with zero attached hydrogens (tertiary/aromatic N) is 4. The molecule has 0 unspecified atom stereocenters. The highest BCUT2D eigenvalue weighted by Gasteiger charge is 2.28. The quantitative estimate of drug-likeness (QED) is 0.104. The first kappa shape index (κ1) is 48.8. The van der Waals surface area contributed by atoms with Crippen molar-refractivity contribution in [3.63, 3.8) is 0 Å². The molecule has 1 aromatic heterocycles. The second kappa shape index (κ2) is 29.8. The van der Waals surface area contributed by atoms with Gasteiger partial charge in [0.05, 0.1) is 70.8 Å². The Morgan fingerprint density at radius 2 is 1.25 bits per heavy atom. The number of fused-ring (bicyclic) bond motifs is 5. The van der Waals surface area contributed by atoms with Gasteiger partial charge >= 0.3 is 0 Å². The minimum absolute atomic E-state index is 0.102. The molecular formula is C41H63N7O8S. The van der Waals surface area contributed by atoms with Gasteiger partial charge in [0.15, 0.2) is 0 Å². The lowest BCUT2D eigenvalue weighted by atomic mass is 9.95. The van der Waals surface area contributed by atoms with Crippen LogP contribution in [-0.2, 0) is 46.4 Å². The Labute approximate surface area is 342 Å². The molecule has 3 N–H and O–H groups in total. The number of anilines is 1. The minimum Gasteiger partial charge on any atom is -0.379 e. The summed E-state index contributed by atoms with van der Waals surface area (Å²) in [5.74, 6) is -0.440. The van der Waals surface area contributed by atoms with E-state index in [1.807, 2.05) is 74.8 Å². The molecule has 2 heterocycles.